The van der Waals surface area contributed by atoms with Crippen LogP contribution in [-0.4, -0.2) is 25.0 Å². The van der Waals surface area contributed by atoms with E-state index in [4.69, 9.17) is 4.74 Å². The fraction of sp³-hybridized carbons (Fsp3) is 0.385. The van der Waals surface area contributed by atoms with Gasteiger partial charge < -0.3 is 15.4 Å². The molecule has 1 aromatic rings. The lowest BCUT2D eigenvalue weighted by Crippen LogP contribution is -2.27. The van der Waals surface area contributed by atoms with E-state index in [1.807, 2.05) is 13.0 Å². The van der Waals surface area contributed by atoms with E-state index in [-0.39, 0.29) is 18.4 Å². The molecule has 0 saturated heterocycles. The highest BCUT2D eigenvalue weighted by atomic mass is 16.5. The molecule has 0 radical (unpaired) electrons. The maximum absolute atomic E-state index is 11.6. The molecular formula is C13H16N2O3. The zero-order valence-corrected chi connectivity index (χ0v) is 10.3. The molecule has 2 N–H and O–H groups in total. The first kappa shape index (κ1) is 12.4. The molecule has 0 atom stereocenters. The molecule has 0 aliphatic carbocycles. The van der Waals surface area contributed by atoms with E-state index in [2.05, 4.69) is 10.6 Å². The zero-order chi connectivity index (χ0) is 13.0. The van der Waals surface area contributed by atoms with Gasteiger partial charge >= 0.3 is 0 Å². The summed E-state index contributed by atoms with van der Waals surface area (Å²) in [6.45, 7) is 2.74. The minimum atomic E-state index is -0.171. The number of hydrogen-bond acceptors (Lipinski definition) is 3. The number of amides is 2. The third kappa shape index (κ3) is 3.00. The van der Waals surface area contributed by atoms with E-state index in [0.717, 1.165) is 12.0 Å². The summed E-state index contributed by atoms with van der Waals surface area (Å²) in [5.74, 6) is 0.460. The fourth-order valence-electron chi connectivity index (χ4n) is 1.75. The van der Waals surface area contributed by atoms with Crippen LogP contribution in [0.15, 0.2) is 18.2 Å². The van der Waals surface area contributed by atoms with Crippen LogP contribution in [0.25, 0.3) is 0 Å². The van der Waals surface area contributed by atoms with E-state index < -0.39 is 0 Å². The van der Waals surface area contributed by atoms with Gasteiger partial charge in [-0.25, -0.2) is 0 Å². The van der Waals surface area contributed by atoms with E-state index in [9.17, 15) is 9.59 Å². The first-order chi connectivity index (χ1) is 8.69. The van der Waals surface area contributed by atoms with Gasteiger partial charge in [-0.05, 0) is 24.1 Å². The Hall–Kier alpha value is -2.04. The van der Waals surface area contributed by atoms with Gasteiger partial charge in [-0.15, -0.1) is 0 Å². The molecule has 0 fully saturated rings. The van der Waals surface area contributed by atoms with E-state index in [1.165, 1.54) is 0 Å². The van der Waals surface area contributed by atoms with Crippen molar-refractivity contribution in [3.05, 3.63) is 23.8 Å². The standard InChI is InChI=1S/C13H16N2O3/c1-2-5-14-12(16)7-9-3-4-11-10(6-9)15-13(17)8-18-11/h3-4,6H,2,5,7-8H2,1H3,(H,14,16)(H,15,17). The van der Waals surface area contributed by atoms with Crippen molar-refractivity contribution in [2.75, 3.05) is 18.5 Å². The van der Waals surface area contributed by atoms with Crippen molar-refractivity contribution in [2.24, 2.45) is 0 Å². The molecule has 2 amide bonds. The van der Waals surface area contributed by atoms with E-state index in [1.54, 1.807) is 12.1 Å². The predicted molar refractivity (Wildman–Crippen MR) is 67.6 cm³/mol. The van der Waals surface area contributed by atoms with Crippen LogP contribution in [-0.2, 0) is 16.0 Å². The molecule has 2 rings (SSSR count). The quantitative estimate of drug-likeness (QED) is 0.838. The van der Waals surface area contributed by atoms with Gasteiger partial charge in [-0.2, -0.15) is 0 Å². The van der Waals surface area contributed by atoms with E-state index >= 15 is 0 Å². The zero-order valence-electron chi connectivity index (χ0n) is 10.3. The summed E-state index contributed by atoms with van der Waals surface area (Å²) in [4.78, 5) is 22.8. The van der Waals surface area contributed by atoms with Crippen molar-refractivity contribution in [2.45, 2.75) is 19.8 Å². The van der Waals surface area contributed by atoms with Crippen molar-refractivity contribution < 1.29 is 14.3 Å². The molecule has 96 valence electrons. The predicted octanol–water partition coefficient (Wildman–Crippen LogP) is 1.09. The SMILES string of the molecule is CCCNC(=O)Cc1ccc2c(c1)NC(=O)CO2. The third-order valence-electron chi connectivity index (χ3n) is 2.61. The van der Waals surface area contributed by atoms with Gasteiger partial charge in [0.05, 0.1) is 12.1 Å². The topological polar surface area (TPSA) is 67.4 Å². The number of carbonyl (C=O) groups is 2. The highest BCUT2D eigenvalue weighted by Crippen LogP contribution is 2.28. The Morgan fingerprint density at radius 2 is 2.33 bits per heavy atom. The smallest absolute Gasteiger partial charge is 0.262 e. The summed E-state index contributed by atoms with van der Waals surface area (Å²) >= 11 is 0. The van der Waals surface area contributed by atoms with Gasteiger partial charge in [-0.1, -0.05) is 13.0 Å². The Balaban J connectivity index is 2.04. The number of carbonyl (C=O) groups excluding carboxylic acids is 2. The van der Waals surface area contributed by atoms with Crippen LogP contribution in [0.5, 0.6) is 5.75 Å². The van der Waals surface area contributed by atoms with Crippen LogP contribution in [0.3, 0.4) is 0 Å². The normalized spacial score (nSPS) is 13.3. The largest absolute Gasteiger partial charge is 0.482 e. The molecule has 0 unspecified atom stereocenters. The molecule has 18 heavy (non-hydrogen) atoms. The van der Waals surface area contributed by atoms with Crippen LogP contribution in [0, 0.1) is 0 Å². The highest BCUT2D eigenvalue weighted by Gasteiger charge is 2.16. The molecule has 1 heterocycles. The Labute approximate surface area is 106 Å². The average molecular weight is 248 g/mol. The van der Waals surface area contributed by atoms with Crippen molar-refractivity contribution in [1.82, 2.24) is 5.32 Å². The van der Waals surface area contributed by atoms with Gasteiger partial charge in [0.25, 0.3) is 5.91 Å². The number of fused-ring (bicyclic) bond motifs is 1. The van der Waals surface area contributed by atoms with Crippen molar-refractivity contribution >= 4 is 17.5 Å². The van der Waals surface area contributed by atoms with Gasteiger partial charge in [0, 0.05) is 6.54 Å². The summed E-state index contributed by atoms with van der Waals surface area (Å²) in [5.41, 5.74) is 1.49. The number of nitrogens with one attached hydrogen (secondary N) is 2. The molecule has 1 aliphatic rings. The van der Waals surface area contributed by atoms with Crippen molar-refractivity contribution in [3.8, 4) is 5.75 Å². The van der Waals surface area contributed by atoms with Gasteiger partial charge in [0.2, 0.25) is 5.91 Å². The molecule has 1 aromatic carbocycles. The molecule has 0 bridgehead atoms. The summed E-state index contributed by atoms with van der Waals surface area (Å²) in [7, 11) is 0. The Morgan fingerprint density at radius 1 is 1.50 bits per heavy atom. The van der Waals surface area contributed by atoms with Crippen LogP contribution in [0.4, 0.5) is 5.69 Å². The van der Waals surface area contributed by atoms with Gasteiger partial charge in [0.15, 0.2) is 6.61 Å². The lowest BCUT2D eigenvalue weighted by atomic mass is 10.1. The second kappa shape index (κ2) is 5.53. The third-order valence-corrected chi connectivity index (χ3v) is 2.61. The first-order valence-corrected chi connectivity index (χ1v) is 6.01. The molecule has 5 heteroatoms. The Bertz CT molecular complexity index is 471. The van der Waals surface area contributed by atoms with Crippen LogP contribution < -0.4 is 15.4 Å². The summed E-state index contributed by atoms with van der Waals surface area (Å²) in [5, 5.41) is 5.53. The monoisotopic (exact) mass is 248 g/mol. The van der Waals surface area contributed by atoms with Gasteiger partial charge in [-0.3, -0.25) is 9.59 Å². The number of ether oxygens (including phenoxy) is 1. The molecule has 0 aromatic heterocycles. The van der Waals surface area contributed by atoms with Crippen molar-refractivity contribution in [3.63, 3.8) is 0 Å². The number of hydrogen-bond donors (Lipinski definition) is 2. The molecule has 0 spiro atoms. The van der Waals surface area contributed by atoms with Crippen LogP contribution in [0.1, 0.15) is 18.9 Å². The maximum atomic E-state index is 11.6. The molecular weight excluding hydrogens is 232 g/mol. The first-order valence-electron chi connectivity index (χ1n) is 6.01. The second-order valence-electron chi connectivity index (χ2n) is 4.19. The lowest BCUT2D eigenvalue weighted by Gasteiger charge is -2.18. The van der Waals surface area contributed by atoms with Crippen LogP contribution in [0.2, 0.25) is 0 Å². The van der Waals surface area contributed by atoms with Gasteiger partial charge in [0.1, 0.15) is 5.75 Å². The summed E-state index contributed by atoms with van der Waals surface area (Å²) in [6.07, 6.45) is 1.23. The van der Waals surface area contributed by atoms with E-state index in [0.29, 0.717) is 24.4 Å². The molecule has 1 aliphatic heterocycles. The van der Waals surface area contributed by atoms with Crippen molar-refractivity contribution in [1.29, 1.82) is 0 Å². The Morgan fingerprint density at radius 3 is 3.11 bits per heavy atom. The fourth-order valence-corrected chi connectivity index (χ4v) is 1.75. The molecule has 5 nitrogen and oxygen atoms in total. The minimum absolute atomic E-state index is 0.0140. The second-order valence-corrected chi connectivity index (χ2v) is 4.19. The van der Waals surface area contributed by atoms with Crippen LogP contribution >= 0.6 is 0 Å². The summed E-state index contributed by atoms with van der Waals surface area (Å²) < 4.78 is 5.25. The number of anilines is 1. The summed E-state index contributed by atoms with van der Waals surface area (Å²) in [6, 6.07) is 5.39. The number of rotatable bonds is 4. The Kier molecular flexibility index (Phi) is 3.82. The maximum Gasteiger partial charge on any atom is 0.262 e. The minimum Gasteiger partial charge on any atom is -0.482 e. The average Bonchev–Trinajstić information content (AvgIpc) is 2.36. The lowest BCUT2D eigenvalue weighted by molar-refractivity contribution is -0.120. The number of benzene rings is 1. The molecule has 0 saturated carbocycles. The highest BCUT2D eigenvalue weighted by molar-refractivity contribution is 5.95.